The summed E-state index contributed by atoms with van der Waals surface area (Å²) in [6.45, 7) is 5.86. The van der Waals surface area contributed by atoms with Crippen LogP contribution in [0.3, 0.4) is 0 Å². The summed E-state index contributed by atoms with van der Waals surface area (Å²) in [4.78, 5) is 8.73. The Labute approximate surface area is 89.2 Å². The molecular formula is C12H14N2O. The quantitative estimate of drug-likeness (QED) is 0.751. The lowest BCUT2D eigenvalue weighted by molar-refractivity contribution is 0.491. The molecule has 2 aromatic rings. The van der Waals surface area contributed by atoms with Gasteiger partial charge >= 0.3 is 0 Å². The van der Waals surface area contributed by atoms with Crippen LogP contribution >= 0.6 is 0 Å². The number of nitrogens with zero attached hydrogens (tertiary/aromatic N) is 2. The predicted octanol–water partition coefficient (Wildman–Crippen LogP) is 2.59. The van der Waals surface area contributed by atoms with Crippen LogP contribution in [0.2, 0.25) is 0 Å². The smallest absolute Gasteiger partial charge is 0.110 e. The Hall–Kier alpha value is -1.64. The monoisotopic (exact) mass is 202 g/mol. The second kappa shape index (κ2) is 3.85. The van der Waals surface area contributed by atoms with Gasteiger partial charge in [0.25, 0.3) is 0 Å². The van der Waals surface area contributed by atoms with E-state index in [1.54, 1.807) is 6.20 Å². The van der Waals surface area contributed by atoms with E-state index in [1.165, 1.54) is 0 Å². The van der Waals surface area contributed by atoms with Gasteiger partial charge in [0, 0.05) is 12.6 Å². The van der Waals surface area contributed by atoms with Gasteiger partial charge < -0.3 is 4.42 Å². The van der Waals surface area contributed by atoms with Gasteiger partial charge in [0.1, 0.15) is 11.5 Å². The van der Waals surface area contributed by atoms with Gasteiger partial charge in [0.05, 0.1) is 17.1 Å². The van der Waals surface area contributed by atoms with E-state index < -0.39 is 0 Å². The molecule has 3 nitrogen and oxygen atoms in total. The van der Waals surface area contributed by atoms with E-state index >= 15 is 0 Å². The molecule has 0 saturated carbocycles. The Balaban J connectivity index is 2.27. The topological polar surface area (TPSA) is 38.9 Å². The summed E-state index contributed by atoms with van der Waals surface area (Å²) in [6, 6.07) is 3.95. The van der Waals surface area contributed by atoms with Gasteiger partial charge in [-0.15, -0.1) is 0 Å². The molecule has 0 spiro atoms. The fourth-order valence-corrected chi connectivity index (χ4v) is 1.50. The Bertz CT molecular complexity index is 474. The zero-order valence-electron chi connectivity index (χ0n) is 9.24. The molecule has 3 heteroatoms. The van der Waals surface area contributed by atoms with E-state index in [9.17, 15) is 0 Å². The van der Waals surface area contributed by atoms with E-state index in [4.69, 9.17) is 4.42 Å². The zero-order chi connectivity index (χ0) is 10.8. The first-order chi connectivity index (χ1) is 7.15. The van der Waals surface area contributed by atoms with Gasteiger partial charge in [-0.1, -0.05) is 0 Å². The average molecular weight is 202 g/mol. The minimum Gasteiger partial charge on any atom is -0.466 e. The van der Waals surface area contributed by atoms with Crippen LogP contribution in [0.5, 0.6) is 0 Å². The Morgan fingerprint density at radius 2 is 2.00 bits per heavy atom. The number of furan rings is 1. The van der Waals surface area contributed by atoms with E-state index in [-0.39, 0.29) is 0 Å². The molecule has 0 aliphatic rings. The summed E-state index contributed by atoms with van der Waals surface area (Å²) in [7, 11) is 0. The van der Waals surface area contributed by atoms with Crippen molar-refractivity contribution in [2.45, 2.75) is 27.2 Å². The zero-order valence-corrected chi connectivity index (χ0v) is 9.24. The van der Waals surface area contributed by atoms with Crippen molar-refractivity contribution in [1.82, 2.24) is 9.97 Å². The van der Waals surface area contributed by atoms with E-state index in [0.29, 0.717) is 6.42 Å². The van der Waals surface area contributed by atoms with Crippen molar-refractivity contribution in [2.24, 2.45) is 0 Å². The molecule has 2 heterocycles. The molecule has 0 saturated heterocycles. The van der Waals surface area contributed by atoms with E-state index in [2.05, 4.69) is 9.97 Å². The number of hydrogen-bond donors (Lipinski definition) is 0. The molecule has 0 aromatic carbocycles. The maximum atomic E-state index is 5.51. The third-order valence-corrected chi connectivity index (χ3v) is 2.31. The van der Waals surface area contributed by atoms with Gasteiger partial charge in [0.2, 0.25) is 0 Å². The molecule has 0 atom stereocenters. The highest BCUT2D eigenvalue weighted by Gasteiger charge is 2.06. The molecule has 78 valence electrons. The molecule has 15 heavy (non-hydrogen) atoms. The fourth-order valence-electron chi connectivity index (χ4n) is 1.50. The summed E-state index contributed by atoms with van der Waals surface area (Å²) >= 11 is 0. The second-order valence-electron chi connectivity index (χ2n) is 3.73. The van der Waals surface area contributed by atoms with Gasteiger partial charge in [0.15, 0.2) is 0 Å². The van der Waals surface area contributed by atoms with Crippen LogP contribution in [-0.2, 0) is 6.42 Å². The number of aromatic nitrogens is 2. The first-order valence-corrected chi connectivity index (χ1v) is 4.99. The van der Waals surface area contributed by atoms with Crippen molar-refractivity contribution in [3.05, 3.63) is 46.9 Å². The Morgan fingerprint density at radius 3 is 2.67 bits per heavy atom. The lowest BCUT2D eigenvalue weighted by Crippen LogP contribution is -1.99. The van der Waals surface area contributed by atoms with E-state index in [1.807, 2.05) is 32.9 Å². The lowest BCUT2D eigenvalue weighted by atomic mass is 10.2. The largest absolute Gasteiger partial charge is 0.466 e. The van der Waals surface area contributed by atoms with E-state index in [0.717, 1.165) is 28.6 Å². The predicted molar refractivity (Wildman–Crippen MR) is 57.8 cm³/mol. The van der Waals surface area contributed by atoms with Crippen LogP contribution in [0, 0.1) is 20.8 Å². The van der Waals surface area contributed by atoms with Crippen molar-refractivity contribution >= 4 is 0 Å². The standard InChI is InChI=1S/C12H14N2O/c1-8-7-13-10(3)12(14-8)6-11-5-4-9(2)15-11/h4-5,7H,6H2,1-3H3. The number of hydrogen-bond acceptors (Lipinski definition) is 3. The number of rotatable bonds is 2. The Morgan fingerprint density at radius 1 is 1.20 bits per heavy atom. The van der Waals surface area contributed by atoms with Crippen LogP contribution in [0.1, 0.15) is 28.6 Å². The van der Waals surface area contributed by atoms with Crippen LogP contribution < -0.4 is 0 Å². The highest BCUT2D eigenvalue weighted by Crippen LogP contribution is 2.13. The highest BCUT2D eigenvalue weighted by molar-refractivity contribution is 5.19. The molecule has 0 aliphatic carbocycles. The normalized spacial score (nSPS) is 10.6. The summed E-state index contributed by atoms with van der Waals surface area (Å²) < 4.78 is 5.51. The molecule has 2 rings (SSSR count). The fraction of sp³-hybridized carbons (Fsp3) is 0.333. The van der Waals surface area contributed by atoms with Crippen molar-refractivity contribution < 1.29 is 4.42 Å². The van der Waals surface area contributed by atoms with Crippen molar-refractivity contribution in [3.63, 3.8) is 0 Å². The molecule has 2 aromatic heterocycles. The summed E-state index contributed by atoms with van der Waals surface area (Å²) in [5.74, 6) is 1.87. The number of aryl methyl sites for hydroxylation is 3. The van der Waals surface area contributed by atoms with Crippen molar-refractivity contribution in [3.8, 4) is 0 Å². The molecular weight excluding hydrogens is 188 g/mol. The molecule has 0 fully saturated rings. The first kappa shape index (κ1) is 9.90. The second-order valence-corrected chi connectivity index (χ2v) is 3.73. The average Bonchev–Trinajstić information content (AvgIpc) is 2.58. The molecule has 0 bridgehead atoms. The molecule has 0 amide bonds. The highest BCUT2D eigenvalue weighted by atomic mass is 16.3. The Kier molecular flexibility index (Phi) is 2.54. The van der Waals surface area contributed by atoms with Gasteiger partial charge in [-0.05, 0) is 32.9 Å². The third kappa shape index (κ3) is 2.24. The molecule has 0 N–H and O–H groups in total. The molecule has 0 aliphatic heterocycles. The molecule has 0 radical (unpaired) electrons. The SMILES string of the molecule is Cc1cnc(C)c(Cc2ccc(C)o2)n1. The maximum Gasteiger partial charge on any atom is 0.110 e. The minimum absolute atomic E-state index is 0.717. The van der Waals surface area contributed by atoms with Crippen LogP contribution in [0.4, 0.5) is 0 Å². The first-order valence-electron chi connectivity index (χ1n) is 4.99. The van der Waals surface area contributed by atoms with Crippen molar-refractivity contribution in [1.29, 1.82) is 0 Å². The lowest BCUT2D eigenvalue weighted by Gasteiger charge is -2.02. The summed E-state index contributed by atoms with van der Waals surface area (Å²) in [6.07, 6.45) is 2.50. The molecule has 0 unspecified atom stereocenters. The van der Waals surface area contributed by atoms with Gasteiger partial charge in [-0.3, -0.25) is 9.97 Å². The van der Waals surface area contributed by atoms with Crippen LogP contribution in [0.25, 0.3) is 0 Å². The summed E-state index contributed by atoms with van der Waals surface area (Å²) in [5, 5.41) is 0. The van der Waals surface area contributed by atoms with Crippen LogP contribution in [0.15, 0.2) is 22.7 Å². The van der Waals surface area contributed by atoms with Crippen LogP contribution in [-0.4, -0.2) is 9.97 Å². The van der Waals surface area contributed by atoms with Crippen molar-refractivity contribution in [2.75, 3.05) is 0 Å². The van der Waals surface area contributed by atoms with Gasteiger partial charge in [-0.25, -0.2) is 0 Å². The maximum absolute atomic E-state index is 5.51. The third-order valence-electron chi connectivity index (χ3n) is 2.31. The van der Waals surface area contributed by atoms with Gasteiger partial charge in [-0.2, -0.15) is 0 Å². The minimum atomic E-state index is 0.717. The summed E-state index contributed by atoms with van der Waals surface area (Å²) in [5.41, 5.74) is 2.90.